The Hall–Kier alpha value is -1.06. The fourth-order valence-corrected chi connectivity index (χ4v) is 2.57. The number of alkyl halides is 1. The Labute approximate surface area is 122 Å². The summed E-state index contributed by atoms with van der Waals surface area (Å²) >= 11 is 12.3. The summed E-state index contributed by atoms with van der Waals surface area (Å²) in [6, 6.07) is 6.06. The van der Waals surface area contributed by atoms with Gasteiger partial charge in [0.1, 0.15) is 11.0 Å². The summed E-state index contributed by atoms with van der Waals surface area (Å²) in [4.78, 5) is 0. The van der Waals surface area contributed by atoms with Gasteiger partial charge in [0.15, 0.2) is 0 Å². The second kappa shape index (κ2) is 5.93. The monoisotopic (exact) mass is 300 g/mol. The molecule has 0 atom stereocenters. The zero-order chi connectivity index (χ0) is 14.0. The van der Waals surface area contributed by atoms with E-state index in [2.05, 4.69) is 18.9 Å². The van der Waals surface area contributed by atoms with E-state index in [1.54, 1.807) is 16.8 Å². The molecule has 0 aliphatic carbocycles. The molecule has 102 valence electrons. The van der Waals surface area contributed by atoms with Crippen molar-refractivity contribution in [2.24, 2.45) is 5.92 Å². The first-order chi connectivity index (χ1) is 9.02. The molecule has 0 unspecified atom stereocenters. The van der Waals surface area contributed by atoms with Crippen LogP contribution in [0.4, 0.5) is 4.39 Å². The van der Waals surface area contributed by atoms with Gasteiger partial charge < -0.3 is 0 Å². The van der Waals surface area contributed by atoms with Crippen LogP contribution in [0.2, 0.25) is 5.15 Å². The van der Waals surface area contributed by atoms with Gasteiger partial charge in [-0.2, -0.15) is 5.10 Å². The summed E-state index contributed by atoms with van der Waals surface area (Å²) in [5, 5.41) is 5.00. The van der Waals surface area contributed by atoms with E-state index in [-0.39, 0.29) is 5.82 Å². The highest BCUT2D eigenvalue weighted by Gasteiger charge is 2.17. The fourth-order valence-electron chi connectivity index (χ4n) is 1.91. The fraction of sp³-hybridized carbons (Fsp3) is 0.357. The van der Waals surface area contributed by atoms with E-state index in [4.69, 9.17) is 23.2 Å². The van der Waals surface area contributed by atoms with Crippen LogP contribution >= 0.6 is 23.2 Å². The number of halogens is 3. The minimum absolute atomic E-state index is 0.285. The molecular formula is C14H15Cl2FN2. The van der Waals surface area contributed by atoms with Gasteiger partial charge in [0.2, 0.25) is 0 Å². The highest BCUT2D eigenvalue weighted by Crippen LogP contribution is 2.27. The van der Waals surface area contributed by atoms with Crippen LogP contribution in [-0.4, -0.2) is 9.78 Å². The third-order valence-corrected chi connectivity index (χ3v) is 3.47. The average Bonchev–Trinajstić information content (AvgIpc) is 2.66. The SMILES string of the molecule is CC(C)Cc1nn(-c2ccc(F)cc2)c(Cl)c1CCl. The van der Waals surface area contributed by atoms with E-state index in [1.165, 1.54) is 12.1 Å². The lowest BCUT2D eigenvalue weighted by molar-refractivity contribution is 0.623. The molecule has 2 nitrogen and oxygen atoms in total. The molecule has 0 aliphatic rings. The summed E-state index contributed by atoms with van der Waals surface area (Å²) in [6.07, 6.45) is 0.815. The van der Waals surface area contributed by atoms with E-state index in [9.17, 15) is 4.39 Å². The molecule has 5 heteroatoms. The minimum atomic E-state index is -0.285. The first kappa shape index (κ1) is 14.4. The van der Waals surface area contributed by atoms with Crippen molar-refractivity contribution >= 4 is 23.2 Å². The molecule has 1 aromatic heterocycles. The molecule has 0 amide bonds. The molecule has 0 spiro atoms. The minimum Gasteiger partial charge on any atom is -0.222 e. The standard InChI is InChI=1S/C14H15Cl2FN2/c1-9(2)7-13-12(8-15)14(16)19(18-13)11-5-3-10(17)4-6-11/h3-6,9H,7-8H2,1-2H3. The molecule has 2 rings (SSSR count). The molecule has 1 aromatic carbocycles. The normalized spacial score (nSPS) is 11.3. The van der Waals surface area contributed by atoms with E-state index >= 15 is 0 Å². The smallest absolute Gasteiger partial charge is 0.137 e. The largest absolute Gasteiger partial charge is 0.222 e. The van der Waals surface area contributed by atoms with Gasteiger partial charge in [-0.1, -0.05) is 25.4 Å². The third-order valence-electron chi connectivity index (χ3n) is 2.81. The zero-order valence-electron chi connectivity index (χ0n) is 10.8. The van der Waals surface area contributed by atoms with E-state index in [1.807, 2.05) is 0 Å². The van der Waals surface area contributed by atoms with Crippen molar-refractivity contribution < 1.29 is 4.39 Å². The van der Waals surface area contributed by atoms with Gasteiger partial charge in [-0.05, 0) is 36.6 Å². The van der Waals surface area contributed by atoms with Gasteiger partial charge in [-0.15, -0.1) is 11.6 Å². The Balaban J connectivity index is 2.46. The second-order valence-electron chi connectivity index (χ2n) is 4.84. The Kier molecular flexibility index (Phi) is 4.48. The van der Waals surface area contributed by atoms with E-state index < -0.39 is 0 Å². The molecular weight excluding hydrogens is 286 g/mol. The predicted molar refractivity (Wildman–Crippen MR) is 76.6 cm³/mol. The zero-order valence-corrected chi connectivity index (χ0v) is 12.3. The van der Waals surface area contributed by atoms with Crippen molar-refractivity contribution in [1.29, 1.82) is 0 Å². The van der Waals surface area contributed by atoms with Crippen molar-refractivity contribution in [3.8, 4) is 5.69 Å². The van der Waals surface area contributed by atoms with Crippen LogP contribution in [0, 0.1) is 11.7 Å². The van der Waals surface area contributed by atoms with Crippen LogP contribution in [0.15, 0.2) is 24.3 Å². The molecule has 0 radical (unpaired) electrons. The summed E-state index contributed by atoms with van der Waals surface area (Å²) in [7, 11) is 0. The van der Waals surface area contributed by atoms with Gasteiger partial charge in [-0.25, -0.2) is 9.07 Å². The number of rotatable bonds is 4. The lowest BCUT2D eigenvalue weighted by atomic mass is 10.1. The van der Waals surface area contributed by atoms with Crippen LogP contribution in [0.25, 0.3) is 5.69 Å². The highest BCUT2D eigenvalue weighted by molar-refractivity contribution is 6.31. The van der Waals surface area contributed by atoms with Crippen molar-refractivity contribution in [3.05, 3.63) is 46.5 Å². The van der Waals surface area contributed by atoms with Crippen LogP contribution in [-0.2, 0) is 12.3 Å². The summed E-state index contributed by atoms with van der Waals surface area (Å²) in [5.74, 6) is 0.504. The predicted octanol–water partition coefficient (Wildman–Crippen LogP) is 4.60. The van der Waals surface area contributed by atoms with Crippen molar-refractivity contribution in [2.75, 3.05) is 0 Å². The Morgan fingerprint density at radius 1 is 1.26 bits per heavy atom. The molecule has 1 heterocycles. The van der Waals surface area contributed by atoms with E-state index in [0.717, 1.165) is 23.4 Å². The number of hydrogen-bond acceptors (Lipinski definition) is 1. The van der Waals surface area contributed by atoms with Gasteiger partial charge in [-0.3, -0.25) is 0 Å². The topological polar surface area (TPSA) is 17.8 Å². The van der Waals surface area contributed by atoms with Crippen LogP contribution in [0.1, 0.15) is 25.1 Å². The highest BCUT2D eigenvalue weighted by atomic mass is 35.5. The Morgan fingerprint density at radius 3 is 2.42 bits per heavy atom. The van der Waals surface area contributed by atoms with E-state index in [0.29, 0.717) is 17.0 Å². The molecule has 0 saturated carbocycles. The molecule has 0 fully saturated rings. The maximum Gasteiger partial charge on any atom is 0.137 e. The van der Waals surface area contributed by atoms with Crippen molar-refractivity contribution in [3.63, 3.8) is 0 Å². The van der Waals surface area contributed by atoms with Crippen molar-refractivity contribution in [2.45, 2.75) is 26.1 Å². The average molecular weight is 301 g/mol. The lowest BCUT2D eigenvalue weighted by Crippen LogP contribution is -2.00. The Bertz CT molecular complexity index is 562. The molecule has 0 bridgehead atoms. The maximum absolute atomic E-state index is 12.9. The summed E-state index contributed by atoms with van der Waals surface area (Å²) in [6.45, 7) is 4.23. The molecule has 0 N–H and O–H groups in total. The molecule has 0 aliphatic heterocycles. The van der Waals surface area contributed by atoms with Crippen LogP contribution in [0.3, 0.4) is 0 Å². The molecule has 2 aromatic rings. The summed E-state index contributed by atoms with van der Waals surface area (Å²) < 4.78 is 14.5. The molecule has 19 heavy (non-hydrogen) atoms. The lowest BCUT2D eigenvalue weighted by Gasteiger charge is -2.03. The number of hydrogen-bond donors (Lipinski definition) is 0. The van der Waals surface area contributed by atoms with Gasteiger partial charge in [0.25, 0.3) is 0 Å². The number of aromatic nitrogens is 2. The third kappa shape index (κ3) is 3.10. The Morgan fingerprint density at radius 2 is 1.89 bits per heavy atom. The van der Waals surface area contributed by atoms with Gasteiger partial charge in [0, 0.05) is 5.56 Å². The first-order valence-corrected chi connectivity index (χ1v) is 7.02. The van der Waals surface area contributed by atoms with Crippen LogP contribution < -0.4 is 0 Å². The van der Waals surface area contributed by atoms with Gasteiger partial charge >= 0.3 is 0 Å². The van der Waals surface area contributed by atoms with Gasteiger partial charge in [0.05, 0.1) is 17.3 Å². The number of benzene rings is 1. The first-order valence-electron chi connectivity index (χ1n) is 6.11. The quantitative estimate of drug-likeness (QED) is 0.754. The number of nitrogens with zero attached hydrogens (tertiary/aromatic N) is 2. The molecule has 0 saturated heterocycles. The van der Waals surface area contributed by atoms with Crippen LogP contribution in [0.5, 0.6) is 0 Å². The second-order valence-corrected chi connectivity index (χ2v) is 5.46. The van der Waals surface area contributed by atoms with Crippen molar-refractivity contribution in [1.82, 2.24) is 9.78 Å². The summed E-state index contributed by atoms with van der Waals surface area (Å²) in [5.41, 5.74) is 2.48. The maximum atomic E-state index is 12.9.